The normalized spacial score (nSPS) is 17.5. The van der Waals surface area contributed by atoms with Crippen LogP contribution in [0.15, 0.2) is 18.2 Å². The minimum absolute atomic E-state index is 0.630. The first-order valence-electron chi connectivity index (χ1n) is 5.68. The minimum Gasteiger partial charge on any atom is -0.399 e. The average Bonchev–Trinajstić information content (AvgIpc) is 3.03. The molecule has 15 heavy (non-hydrogen) atoms. The van der Waals surface area contributed by atoms with Crippen molar-refractivity contribution in [2.24, 2.45) is 5.92 Å². The van der Waals surface area contributed by atoms with Gasteiger partial charge in [-0.3, -0.25) is 0 Å². The van der Waals surface area contributed by atoms with E-state index < -0.39 is 0 Å². The predicted molar refractivity (Wildman–Crippen MR) is 66.2 cm³/mol. The number of hydrogen-bond donors (Lipinski definition) is 1. The minimum atomic E-state index is 0.630. The summed E-state index contributed by atoms with van der Waals surface area (Å²) in [6, 6.07) is 6.77. The molecular formula is C13H20N2. The zero-order valence-corrected chi connectivity index (χ0v) is 9.83. The molecule has 1 aliphatic rings. The highest BCUT2D eigenvalue weighted by molar-refractivity contribution is 5.61. The van der Waals surface area contributed by atoms with Crippen LogP contribution < -0.4 is 10.6 Å². The van der Waals surface area contributed by atoms with Crippen molar-refractivity contribution >= 4 is 11.4 Å². The molecule has 1 aromatic carbocycles. The summed E-state index contributed by atoms with van der Waals surface area (Å²) < 4.78 is 0. The summed E-state index contributed by atoms with van der Waals surface area (Å²) in [5.41, 5.74) is 9.26. The van der Waals surface area contributed by atoms with Crippen LogP contribution in [-0.4, -0.2) is 13.1 Å². The number of hydrogen-bond acceptors (Lipinski definition) is 2. The lowest BCUT2D eigenvalue weighted by molar-refractivity contribution is 0.608. The van der Waals surface area contributed by atoms with Gasteiger partial charge in [-0.05, 0) is 50.3 Å². The number of nitrogen functional groups attached to an aromatic ring is 1. The summed E-state index contributed by atoms with van der Waals surface area (Å²) in [6.07, 6.45) is 2.76. The van der Waals surface area contributed by atoms with Crippen molar-refractivity contribution in [1.82, 2.24) is 0 Å². The molecule has 1 unspecified atom stereocenters. The molecule has 1 saturated carbocycles. The summed E-state index contributed by atoms with van der Waals surface area (Å²) in [4.78, 5) is 2.36. The van der Waals surface area contributed by atoms with Gasteiger partial charge in [0.15, 0.2) is 0 Å². The van der Waals surface area contributed by atoms with E-state index in [0.717, 1.165) is 11.6 Å². The Kier molecular flexibility index (Phi) is 2.59. The van der Waals surface area contributed by atoms with Crippen LogP contribution >= 0.6 is 0 Å². The van der Waals surface area contributed by atoms with Crippen LogP contribution in [-0.2, 0) is 0 Å². The second kappa shape index (κ2) is 3.76. The van der Waals surface area contributed by atoms with Gasteiger partial charge in [0.2, 0.25) is 0 Å². The van der Waals surface area contributed by atoms with Gasteiger partial charge in [0.25, 0.3) is 0 Å². The number of anilines is 2. The number of nitrogens with two attached hydrogens (primary N) is 1. The van der Waals surface area contributed by atoms with Gasteiger partial charge in [-0.1, -0.05) is 6.07 Å². The average molecular weight is 204 g/mol. The molecule has 0 radical (unpaired) electrons. The fraction of sp³-hybridized carbons (Fsp3) is 0.538. The van der Waals surface area contributed by atoms with Crippen molar-refractivity contribution in [1.29, 1.82) is 0 Å². The van der Waals surface area contributed by atoms with Gasteiger partial charge < -0.3 is 10.6 Å². The lowest BCUT2D eigenvalue weighted by Gasteiger charge is -2.28. The highest BCUT2D eigenvalue weighted by atomic mass is 15.1. The van der Waals surface area contributed by atoms with Gasteiger partial charge in [0.05, 0.1) is 0 Å². The molecule has 0 aliphatic heterocycles. The Morgan fingerprint density at radius 1 is 1.40 bits per heavy atom. The summed E-state index contributed by atoms with van der Waals surface area (Å²) in [7, 11) is 2.17. The number of benzene rings is 1. The van der Waals surface area contributed by atoms with Gasteiger partial charge in [-0.2, -0.15) is 0 Å². The molecule has 2 N–H and O–H groups in total. The first-order valence-corrected chi connectivity index (χ1v) is 5.68. The molecule has 0 heterocycles. The predicted octanol–water partition coefficient (Wildman–Crippen LogP) is 2.81. The van der Waals surface area contributed by atoms with Gasteiger partial charge in [-0.15, -0.1) is 0 Å². The number of rotatable bonds is 3. The molecule has 0 bridgehead atoms. The van der Waals surface area contributed by atoms with Crippen LogP contribution in [0.5, 0.6) is 0 Å². The van der Waals surface area contributed by atoms with E-state index in [9.17, 15) is 0 Å². The molecule has 82 valence electrons. The summed E-state index contributed by atoms with van der Waals surface area (Å²) >= 11 is 0. The SMILES string of the molecule is Cc1ccc(N)cc1N(C)C(C)C1CC1. The van der Waals surface area contributed by atoms with Gasteiger partial charge in [0, 0.05) is 24.5 Å². The van der Waals surface area contributed by atoms with E-state index in [-0.39, 0.29) is 0 Å². The molecular weight excluding hydrogens is 184 g/mol. The van der Waals surface area contributed by atoms with E-state index in [1.165, 1.54) is 24.1 Å². The Balaban J connectivity index is 2.23. The summed E-state index contributed by atoms with van der Waals surface area (Å²) in [6.45, 7) is 4.45. The van der Waals surface area contributed by atoms with Crippen LogP contribution in [0.25, 0.3) is 0 Å². The molecule has 2 nitrogen and oxygen atoms in total. The van der Waals surface area contributed by atoms with Crippen molar-refractivity contribution in [3.05, 3.63) is 23.8 Å². The zero-order valence-electron chi connectivity index (χ0n) is 9.83. The second-order valence-electron chi connectivity index (χ2n) is 4.73. The van der Waals surface area contributed by atoms with Crippen molar-refractivity contribution in [2.75, 3.05) is 17.7 Å². The summed E-state index contributed by atoms with van der Waals surface area (Å²) in [5, 5.41) is 0. The van der Waals surface area contributed by atoms with Gasteiger partial charge in [0.1, 0.15) is 0 Å². The Bertz CT molecular complexity index is 356. The first kappa shape index (κ1) is 10.3. The molecule has 0 amide bonds. The Morgan fingerprint density at radius 3 is 2.67 bits per heavy atom. The maximum absolute atomic E-state index is 5.83. The van der Waals surface area contributed by atoms with Crippen LogP contribution in [0.4, 0.5) is 11.4 Å². The third-order valence-electron chi connectivity index (χ3n) is 3.53. The van der Waals surface area contributed by atoms with Crippen LogP contribution in [0, 0.1) is 12.8 Å². The van der Waals surface area contributed by atoms with Crippen molar-refractivity contribution in [3.8, 4) is 0 Å². The van der Waals surface area contributed by atoms with E-state index in [1.54, 1.807) is 0 Å². The largest absolute Gasteiger partial charge is 0.399 e. The monoisotopic (exact) mass is 204 g/mol. The Morgan fingerprint density at radius 2 is 2.07 bits per heavy atom. The highest BCUT2D eigenvalue weighted by Gasteiger charge is 2.30. The van der Waals surface area contributed by atoms with Gasteiger partial charge in [-0.25, -0.2) is 0 Å². The topological polar surface area (TPSA) is 29.3 Å². The van der Waals surface area contributed by atoms with Crippen molar-refractivity contribution in [2.45, 2.75) is 32.7 Å². The molecule has 0 spiro atoms. The lowest BCUT2D eigenvalue weighted by Crippen LogP contribution is -2.31. The number of nitrogens with zero attached hydrogens (tertiary/aromatic N) is 1. The second-order valence-corrected chi connectivity index (χ2v) is 4.73. The fourth-order valence-corrected chi connectivity index (χ4v) is 2.12. The highest BCUT2D eigenvalue weighted by Crippen LogP contribution is 2.37. The quantitative estimate of drug-likeness (QED) is 0.767. The third kappa shape index (κ3) is 2.09. The first-order chi connectivity index (χ1) is 7.09. The molecule has 2 heteroatoms. The standard InChI is InChI=1S/C13H20N2/c1-9-4-7-12(14)8-13(9)15(3)10(2)11-5-6-11/h4,7-8,10-11H,5-6,14H2,1-3H3. The van der Waals surface area contributed by atoms with Crippen molar-refractivity contribution in [3.63, 3.8) is 0 Å². The number of aryl methyl sites for hydroxylation is 1. The molecule has 1 fully saturated rings. The third-order valence-corrected chi connectivity index (χ3v) is 3.53. The molecule has 1 aromatic rings. The zero-order chi connectivity index (χ0) is 11.0. The molecule has 0 saturated heterocycles. The van der Waals surface area contributed by atoms with Crippen LogP contribution in [0.3, 0.4) is 0 Å². The summed E-state index contributed by atoms with van der Waals surface area (Å²) in [5.74, 6) is 0.885. The maximum atomic E-state index is 5.83. The van der Waals surface area contributed by atoms with E-state index in [0.29, 0.717) is 6.04 Å². The molecule has 1 aliphatic carbocycles. The fourth-order valence-electron chi connectivity index (χ4n) is 2.12. The van der Waals surface area contributed by atoms with E-state index in [2.05, 4.69) is 37.9 Å². The van der Waals surface area contributed by atoms with Gasteiger partial charge >= 0.3 is 0 Å². The Hall–Kier alpha value is -1.18. The van der Waals surface area contributed by atoms with Crippen LogP contribution in [0.1, 0.15) is 25.3 Å². The maximum Gasteiger partial charge on any atom is 0.0416 e. The Labute approximate surface area is 92.1 Å². The van der Waals surface area contributed by atoms with E-state index in [1.807, 2.05) is 6.07 Å². The van der Waals surface area contributed by atoms with E-state index in [4.69, 9.17) is 5.73 Å². The van der Waals surface area contributed by atoms with Crippen molar-refractivity contribution < 1.29 is 0 Å². The lowest BCUT2D eigenvalue weighted by atomic mass is 10.1. The van der Waals surface area contributed by atoms with Crippen LogP contribution in [0.2, 0.25) is 0 Å². The van der Waals surface area contributed by atoms with E-state index >= 15 is 0 Å². The molecule has 1 atom stereocenters. The molecule has 0 aromatic heterocycles. The molecule has 2 rings (SSSR count). The smallest absolute Gasteiger partial charge is 0.0416 e.